The Hall–Kier alpha value is -2.34. The van der Waals surface area contributed by atoms with Crippen molar-refractivity contribution >= 4 is 21.6 Å². The summed E-state index contributed by atoms with van der Waals surface area (Å²) in [6, 6.07) is 10.7. The van der Waals surface area contributed by atoms with Crippen LogP contribution in [0.4, 0.5) is 5.69 Å². The highest BCUT2D eigenvalue weighted by molar-refractivity contribution is 7.92. The van der Waals surface area contributed by atoms with E-state index in [1.165, 1.54) is 18.2 Å². The second kappa shape index (κ2) is 7.50. The summed E-state index contributed by atoms with van der Waals surface area (Å²) < 4.78 is 24.5. The molecule has 0 saturated carbocycles. The van der Waals surface area contributed by atoms with E-state index in [2.05, 4.69) is 31.3 Å². The average molecular weight is 375 g/mol. The van der Waals surface area contributed by atoms with E-state index in [9.17, 15) is 13.2 Å². The minimum atomic E-state index is -3.38. The lowest BCUT2D eigenvalue weighted by molar-refractivity contribution is 0.0940. The monoisotopic (exact) mass is 374 g/mol. The number of rotatable bonds is 5. The van der Waals surface area contributed by atoms with Crippen LogP contribution in [-0.2, 0) is 10.0 Å². The van der Waals surface area contributed by atoms with Gasteiger partial charge >= 0.3 is 0 Å². The first kappa shape index (κ1) is 20.0. The number of hydrogen-bond donors (Lipinski definition) is 1. The van der Waals surface area contributed by atoms with Gasteiger partial charge in [-0.1, -0.05) is 18.2 Å². The summed E-state index contributed by atoms with van der Waals surface area (Å²) in [5.74, 6) is -0.237. The van der Waals surface area contributed by atoms with Crippen molar-refractivity contribution in [1.82, 2.24) is 5.32 Å². The number of hydrogen-bond acceptors (Lipinski definition) is 3. The van der Waals surface area contributed by atoms with Gasteiger partial charge in [0.05, 0.1) is 18.0 Å². The Morgan fingerprint density at radius 3 is 2.27 bits per heavy atom. The molecule has 0 aliphatic heterocycles. The van der Waals surface area contributed by atoms with E-state index in [4.69, 9.17) is 0 Å². The van der Waals surface area contributed by atoms with Gasteiger partial charge in [-0.2, -0.15) is 0 Å². The summed E-state index contributed by atoms with van der Waals surface area (Å²) in [6.07, 6.45) is 1.13. The molecular formula is C20H26N2O3S. The van der Waals surface area contributed by atoms with Crippen LogP contribution in [0.5, 0.6) is 0 Å². The van der Waals surface area contributed by atoms with E-state index in [1.54, 1.807) is 24.3 Å². The first-order valence-electron chi connectivity index (χ1n) is 8.43. The second-order valence-corrected chi connectivity index (χ2v) is 8.78. The second-order valence-electron chi connectivity index (χ2n) is 6.77. The van der Waals surface area contributed by atoms with Crippen molar-refractivity contribution in [3.63, 3.8) is 0 Å². The van der Waals surface area contributed by atoms with E-state index in [1.807, 2.05) is 13.8 Å². The molecule has 2 rings (SSSR count). The summed E-state index contributed by atoms with van der Waals surface area (Å²) in [5.41, 5.74) is 5.49. The van der Waals surface area contributed by atoms with Crippen molar-refractivity contribution in [2.75, 3.05) is 17.6 Å². The quantitative estimate of drug-likeness (QED) is 0.871. The van der Waals surface area contributed by atoms with Crippen molar-refractivity contribution in [3.05, 3.63) is 64.2 Å². The Morgan fingerprint density at radius 1 is 1.04 bits per heavy atom. The molecule has 1 amide bonds. The largest absolute Gasteiger partial charge is 0.346 e. The molecule has 0 radical (unpaired) electrons. The summed E-state index contributed by atoms with van der Waals surface area (Å²) in [7, 11) is -1.91. The van der Waals surface area contributed by atoms with Crippen LogP contribution in [0.25, 0.3) is 0 Å². The molecule has 0 aromatic heterocycles. The predicted octanol–water partition coefficient (Wildman–Crippen LogP) is 3.50. The van der Waals surface area contributed by atoms with Gasteiger partial charge in [-0.05, 0) is 68.1 Å². The molecule has 0 heterocycles. The van der Waals surface area contributed by atoms with Crippen molar-refractivity contribution in [2.45, 2.75) is 33.7 Å². The van der Waals surface area contributed by atoms with Gasteiger partial charge in [0, 0.05) is 12.6 Å². The molecule has 1 atom stereocenters. The lowest BCUT2D eigenvalue weighted by atomic mass is 9.96. The Kier molecular flexibility index (Phi) is 5.76. The molecule has 0 unspecified atom stereocenters. The first-order chi connectivity index (χ1) is 12.0. The van der Waals surface area contributed by atoms with Crippen molar-refractivity contribution < 1.29 is 13.2 Å². The SMILES string of the molecule is Cc1cc(C)c([C@@H](C)NC(=O)c2cccc(N(C)S(C)(=O)=O)c2)cc1C. The van der Waals surface area contributed by atoms with E-state index in [0.29, 0.717) is 11.3 Å². The van der Waals surface area contributed by atoms with Gasteiger partial charge in [0.15, 0.2) is 0 Å². The standard InChI is InChI=1S/C20H26N2O3S/c1-13-10-15(3)19(11-14(13)2)16(4)21-20(23)17-8-7-9-18(12-17)22(5)26(6,24)25/h7-12,16H,1-6H3,(H,21,23)/t16-/m1/s1. The molecule has 140 valence electrons. The minimum absolute atomic E-state index is 0.155. The van der Waals surface area contributed by atoms with Crippen LogP contribution < -0.4 is 9.62 Å². The highest BCUT2D eigenvalue weighted by Gasteiger charge is 2.17. The Morgan fingerprint density at radius 2 is 1.65 bits per heavy atom. The zero-order valence-electron chi connectivity index (χ0n) is 16.1. The van der Waals surface area contributed by atoms with Crippen LogP contribution in [0.2, 0.25) is 0 Å². The molecular weight excluding hydrogens is 348 g/mol. The normalized spacial score (nSPS) is 12.5. The van der Waals surface area contributed by atoms with Gasteiger partial charge in [0.25, 0.3) is 5.91 Å². The molecule has 5 nitrogen and oxygen atoms in total. The van der Waals surface area contributed by atoms with Crippen LogP contribution in [0.3, 0.4) is 0 Å². The summed E-state index contributed by atoms with van der Waals surface area (Å²) >= 11 is 0. The predicted molar refractivity (Wildman–Crippen MR) is 106 cm³/mol. The van der Waals surface area contributed by atoms with Crippen LogP contribution in [-0.4, -0.2) is 27.6 Å². The molecule has 0 aliphatic rings. The van der Waals surface area contributed by atoms with E-state index in [-0.39, 0.29) is 11.9 Å². The van der Waals surface area contributed by atoms with Crippen LogP contribution >= 0.6 is 0 Å². The number of benzene rings is 2. The maximum Gasteiger partial charge on any atom is 0.251 e. The third-order valence-corrected chi connectivity index (χ3v) is 5.87. The smallest absolute Gasteiger partial charge is 0.251 e. The maximum absolute atomic E-state index is 12.6. The van der Waals surface area contributed by atoms with Gasteiger partial charge in [-0.25, -0.2) is 8.42 Å². The molecule has 2 aromatic carbocycles. The molecule has 6 heteroatoms. The number of nitrogens with zero attached hydrogens (tertiary/aromatic N) is 1. The number of amides is 1. The fourth-order valence-electron chi connectivity index (χ4n) is 2.84. The highest BCUT2D eigenvalue weighted by Crippen LogP contribution is 2.23. The van der Waals surface area contributed by atoms with E-state index >= 15 is 0 Å². The lowest BCUT2D eigenvalue weighted by Crippen LogP contribution is -2.28. The van der Waals surface area contributed by atoms with Crippen LogP contribution in [0, 0.1) is 20.8 Å². The van der Waals surface area contributed by atoms with E-state index in [0.717, 1.165) is 21.7 Å². The molecule has 0 saturated heterocycles. The fraction of sp³-hybridized carbons (Fsp3) is 0.350. The lowest BCUT2D eigenvalue weighted by Gasteiger charge is -2.20. The molecule has 0 bridgehead atoms. The molecule has 2 aromatic rings. The number of carbonyl (C=O) groups is 1. The summed E-state index contributed by atoms with van der Waals surface area (Å²) in [5, 5.41) is 3.00. The van der Waals surface area contributed by atoms with E-state index < -0.39 is 10.0 Å². The Balaban J connectivity index is 2.24. The van der Waals surface area contributed by atoms with Crippen molar-refractivity contribution in [3.8, 4) is 0 Å². The fourth-order valence-corrected chi connectivity index (χ4v) is 3.34. The van der Waals surface area contributed by atoms with Gasteiger partial charge in [0.2, 0.25) is 10.0 Å². The molecule has 26 heavy (non-hydrogen) atoms. The number of anilines is 1. The Bertz CT molecular complexity index is 936. The molecule has 0 spiro atoms. The molecule has 0 fully saturated rings. The number of nitrogens with one attached hydrogen (secondary N) is 1. The zero-order chi connectivity index (χ0) is 19.6. The van der Waals surface area contributed by atoms with Gasteiger partial charge in [-0.15, -0.1) is 0 Å². The topological polar surface area (TPSA) is 66.5 Å². The Labute approximate surface area is 156 Å². The molecule has 1 N–H and O–H groups in total. The summed E-state index contributed by atoms with van der Waals surface area (Å²) in [6.45, 7) is 8.10. The van der Waals surface area contributed by atoms with Crippen molar-refractivity contribution in [1.29, 1.82) is 0 Å². The van der Waals surface area contributed by atoms with Gasteiger partial charge in [0.1, 0.15) is 0 Å². The third-order valence-electron chi connectivity index (χ3n) is 4.67. The first-order valence-corrected chi connectivity index (χ1v) is 10.3. The number of aryl methyl sites for hydroxylation is 3. The third kappa shape index (κ3) is 4.43. The molecule has 0 aliphatic carbocycles. The number of carbonyl (C=O) groups excluding carboxylic acids is 1. The maximum atomic E-state index is 12.6. The highest BCUT2D eigenvalue weighted by atomic mass is 32.2. The summed E-state index contributed by atoms with van der Waals surface area (Å²) in [4.78, 5) is 12.6. The van der Waals surface area contributed by atoms with Crippen LogP contribution in [0.15, 0.2) is 36.4 Å². The zero-order valence-corrected chi connectivity index (χ0v) is 16.9. The van der Waals surface area contributed by atoms with Crippen molar-refractivity contribution in [2.24, 2.45) is 0 Å². The average Bonchev–Trinajstić information content (AvgIpc) is 2.56. The minimum Gasteiger partial charge on any atom is -0.346 e. The van der Waals surface area contributed by atoms with Crippen LogP contribution in [0.1, 0.15) is 45.6 Å². The van der Waals surface area contributed by atoms with Gasteiger partial charge < -0.3 is 5.32 Å². The number of sulfonamides is 1. The van der Waals surface area contributed by atoms with Gasteiger partial charge in [-0.3, -0.25) is 9.10 Å².